The van der Waals surface area contributed by atoms with Crippen molar-refractivity contribution in [3.8, 4) is 0 Å². The average Bonchev–Trinajstić information content (AvgIpc) is 2.87. The zero-order valence-electron chi connectivity index (χ0n) is 11.9. The molecule has 2 heterocycles. The van der Waals surface area contributed by atoms with Gasteiger partial charge in [0.05, 0.1) is 20.5 Å². The van der Waals surface area contributed by atoms with Crippen LogP contribution in [-0.2, 0) is 0 Å². The van der Waals surface area contributed by atoms with E-state index in [1.807, 2.05) is 13.0 Å². The Morgan fingerprint density at radius 2 is 1.78 bits per heavy atom. The number of fused-ring (bicyclic) bond motifs is 1. The van der Waals surface area contributed by atoms with E-state index in [2.05, 4.69) is 9.97 Å². The van der Waals surface area contributed by atoms with Gasteiger partial charge in [0.25, 0.3) is 0 Å². The summed E-state index contributed by atoms with van der Waals surface area (Å²) in [5.41, 5.74) is 14.2. The zero-order chi connectivity index (χ0) is 16.7. The van der Waals surface area contributed by atoms with Crippen LogP contribution in [0.5, 0.6) is 0 Å². The average molecular weight is 370 g/mol. The minimum atomic E-state index is 0.0628. The highest BCUT2D eigenvalue weighted by molar-refractivity contribution is 6.48. The summed E-state index contributed by atoms with van der Waals surface area (Å²) in [6.45, 7) is 1.91. The number of nitrogens with zero attached hydrogens (tertiary/aromatic N) is 2. The molecular formula is C15H11Cl3N4O. The van der Waals surface area contributed by atoms with Crippen LogP contribution in [0, 0.1) is 0 Å². The number of halogens is 3. The van der Waals surface area contributed by atoms with Gasteiger partial charge in [-0.15, -0.1) is 0 Å². The normalized spacial score (nSPS) is 12.1. The van der Waals surface area contributed by atoms with Crippen molar-refractivity contribution in [3.63, 3.8) is 0 Å². The van der Waals surface area contributed by atoms with E-state index in [4.69, 9.17) is 50.7 Å². The molecule has 0 atom stereocenters. The van der Waals surface area contributed by atoms with Crippen molar-refractivity contribution >= 4 is 69.3 Å². The van der Waals surface area contributed by atoms with E-state index in [9.17, 15) is 0 Å². The second-order valence-corrected chi connectivity index (χ2v) is 6.11. The molecule has 0 spiro atoms. The molecule has 2 aromatic heterocycles. The Labute approximate surface area is 146 Å². The molecule has 8 heteroatoms. The number of benzene rings is 1. The van der Waals surface area contributed by atoms with Crippen LogP contribution in [0.4, 0.5) is 11.8 Å². The van der Waals surface area contributed by atoms with Gasteiger partial charge in [0.2, 0.25) is 11.7 Å². The van der Waals surface area contributed by atoms with Crippen molar-refractivity contribution in [1.82, 2.24) is 9.97 Å². The number of allylic oxidation sites excluding steroid dienone is 1. The minimum Gasteiger partial charge on any atom is -0.445 e. The van der Waals surface area contributed by atoms with Gasteiger partial charge in [-0.25, -0.2) is 0 Å². The molecule has 0 aliphatic rings. The lowest BCUT2D eigenvalue weighted by atomic mass is 10.0. The van der Waals surface area contributed by atoms with Gasteiger partial charge in [0.1, 0.15) is 12.1 Å². The topological polar surface area (TPSA) is 91.0 Å². The summed E-state index contributed by atoms with van der Waals surface area (Å²) in [5.74, 6) is 0.320. The van der Waals surface area contributed by atoms with Crippen LogP contribution in [0.2, 0.25) is 15.1 Å². The molecule has 3 aromatic rings. The van der Waals surface area contributed by atoms with Gasteiger partial charge in [-0.3, -0.25) is 0 Å². The van der Waals surface area contributed by atoms with Gasteiger partial charge in [-0.1, -0.05) is 34.8 Å². The third kappa shape index (κ3) is 2.95. The molecular weight excluding hydrogens is 359 g/mol. The van der Waals surface area contributed by atoms with Gasteiger partial charge < -0.3 is 15.9 Å². The summed E-state index contributed by atoms with van der Waals surface area (Å²) in [6, 6.07) is 3.48. The van der Waals surface area contributed by atoms with E-state index >= 15 is 0 Å². The summed E-state index contributed by atoms with van der Waals surface area (Å²) in [5, 5.41) is 1.70. The Bertz CT molecular complexity index is 926. The van der Waals surface area contributed by atoms with Gasteiger partial charge in [0.15, 0.2) is 0 Å². The summed E-state index contributed by atoms with van der Waals surface area (Å²) < 4.78 is 5.39. The van der Waals surface area contributed by atoms with E-state index in [0.29, 0.717) is 26.2 Å². The molecule has 0 fully saturated rings. The van der Waals surface area contributed by atoms with Crippen molar-refractivity contribution < 1.29 is 4.42 Å². The van der Waals surface area contributed by atoms with Gasteiger partial charge in [-0.05, 0) is 36.3 Å². The standard InChI is InChI=1S/C15H11Cl3N4O/c1-6(7-3-9(16)12(18)10(17)4-7)2-8-5-23-14-11(8)13(19)21-15(20)22-14/h2-5H,1H3,(H4,19,20,21,22)/b6-2+. The molecule has 3 rings (SSSR count). The van der Waals surface area contributed by atoms with Crippen LogP contribution >= 0.6 is 34.8 Å². The molecule has 4 N–H and O–H groups in total. The van der Waals surface area contributed by atoms with E-state index in [0.717, 1.165) is 16.7 Å². The molecule has 0 saturated carbocycles. The Kier molecular flexibility index (Phi) is 4.10. The van der Waals surface area contributed by atoms with Gasteiger partial charge in [-0.2, -0.15) is 9.97 Å². The van der Waals surface area contributed by atoms with E-state index in [-0.39, 0.29) is 11.8 Å². The van der Waals surface area contributed by atoms with Crippen LogP contribution < -0.4 is 11.5 Å². The van der Waals surface area contributed by atoms with Crippen LogP contribution in [0.25, 0.3) is 22.7 Å². The first kappa shape index (κ1) is 15.9. The summed E-state index contributed by atoms with van der Waals surface area (Å²) >= 11 is 18.1. The third-order valence-electron chi connectivity index (χ3n) is 3.32. The molecule has 23 heavy (non-hydrogen) atoms. The number of nitrogen functional groups attached to an aromatic ring is 2. The minimum absolute atomic E-state index is 0.0628. The molecule has 0 bridgehead atoms. The summed E-state index contributed by atoms with van der Waals surface area (Å²) in [6.07, 6.45) is 3.41. The molecule has 0 aliphatic heterocycles. The molecule has 0 radical (unpaired) electrons. The van der Waals surface area contributed by atoms with Crippen LogP contribution in [-0.4, -0.2) is 9.97 Å². The maximum Gasteiger partial charge on any atom is 0.233 e. The van der Waals surface area contributed by atoms with Gasteiger partial charge >= 0.3 is 0 Å². The second-order valence-electron chi connectivity index (χ2n) is 4.92. The number of nitrogens with two attached hydrogens (primary N) is 2. The first-order valence-electron chi connectivity index (χ1n) is 6.50. The highest BCUT2D eigenvalue weighted by Gasteiger charge is 2.13. The summed E-state index contributed by atoms with van der Waals surface area (Å²) in [4.78, 5) is 7.96. The first-order valence-corrected chi connectivity index (χ1v) is 7.63. The fraction of sp³-hybridized carbons (Fsp3) is 0.0667. The Balaban J connectivity index is 2.12. The number of aromatic nitrogens is 2. The lowest BCUT2D eigenvalue weighted by Crippen LogP contribution is -1.99. The number of rotatable bonds is 2. The zero-order valence-corrected chi connectivity index (χ0v) is 14.2. The van der Waals surface area contributed by atoms with Crippen molar-refractivity contribution in [2.75, 3.05) is 11.5 Å². The van der Waals surface area contributed by atoms with Crippen molar-refractivity contribution in [1.29, 1.82) is 0 Å². The van der Waals surface area contributed by atoms with E-state index < -0.39 is 0 Å². The number of anilines is 2. The van der Waals surface area contributed by atoms with E-state index in [1.54, 1.807) is 12.1 Å². The van der Waals surface area contributed by atoms with Crippen molar-refractivity contribution in [2.24, 2.45) is 0 Å². The predicted molar refractivity (Wildman–Crippen MR) is 95.6 cm³/mol. The largest absolute Gasteiger partial charge is 0.445 e. The van der Waals surface area contributed by atoms with Crippen LogP contribution in [0.3, 0.4) is 0 Å². The third-order valence-corrected chi connectivity index (χ3v) is 4.52. The first-order chi connectivity index (χ1) is 10.9. The van der Waals surface area contributed by atoms with Crippen molar-refractivity contribution in [3.05, 3.63) is 44.6 Å². The maximum atomic E-state index is 6.07. The highest BCUT2D eigenvalue weighted by atomic mass is 35.5. The molecule has 0 saturated heterocycles. The number of hydrogen-bond acceptors (Lipinski definition) is 5. The SMILES string of the molecule is C/C(=C\c1coc2nc(N)nc(N)c12)c1cc(Cl)c(Cl)c(Cl)c1. The Hall–Kier alpha value is -1.95. The monoisotopic (exact) mass is 368 g/mol. The summed E-state index contributed by atoms with van der Waals surface area (Å²) in [7, 11) is 0. The predicted octanol–water partition coefficient (Wildman–Crippen LogP) is 4.91. The molecule has 0 amide bonds. The van der Waals surface area contributed by atoms with Crippen molar-refractivity contribution in [2.45, 2.75) is 6.92 Å². The second kappa shape index (κ2) is 5.92. The number of hydrogen-bond donors (Lipinski definition) is 2. The molecule has 1 aromatic carbocycles. The Morgan fingerprint density at radius 1 is 1.13 bits per heavy atom. The molecule has 0 aliphatic carbocycles. The smallest absolute Gasteiger partial charge is 0.233 e. The lowest BCUT2D eigenvalue weighted by molar-refractivity contribution is 0.602. The molecule has 0 unspecified atom stereocenters. The molecule has 118 valence electrons. The lowest BCUT2D eigenvalue weighted by Gasteiger charge is -2.06. The van der Waals surface area contributed by atoms with Crippen LogP contribution in [0.15, 0.2) is 22.8 Å². The maximum absolute atomic E-state index is 6.07. The van der Waals surface area contributed by atoms with E-state index in [1.165, 1.54) is 6.26 Å². The fourth-order valence-corrected chi connectivity index (χ4v) is 2.81. The highest BCUT2D eigenvalue weighted by Crippen LogP contribution is 2.35. The fourth-order valence-electron chi connectivity index (χ4n) is 2.21. The van der Waals surface area contributed by atoms with Gasteiger partial charge in [0, 0.05) is 5.56 Å². The molecule has 5 nitrogen and oxygen atoms in total. The van der Waals surface area contributed by atoms with Crippen LogP contribution in [0.1, 0.15) is 18.1 Å². The number of furan rings is 1. The quantitative estimate of drug-likeness (QED) is 0.626. The Morgan fingerprint density at radius 3 is 2.43 bits per heavy atom.